The highest BCUT2D eigenvalue weighted by Crippen LogP contribution is 2.41. The van der Waals surface area contributed by atoms with Gasteiger partial charge in [0.2, 0.25) is 0 Å². The molecule has 6 heteroatoms. The fourth-order valence-corrected chi connectivity index (χ4v) is 4.62. The zero-order valence-electron chi connectivity index (χ0n) is 15.5. The Balaban J connectivity index is 1.72. The smallest absolute Gasteiger partial charge is 0.265 e. The first-order valence-electron chi connectivity index (χ1n) is 8.92. The number of para-hydroxylation sites is 1. The van der Waals surface area contributed by atoms with Gasteiger partial charge in [-0.1, -0.05) is 12.1 Å². The molecule has 140 valence electrons. The maximum Gasteiger partial charge on any atom is 0.265 e. The van der Waals surface area contributed by atoms with Crippen LogP contribution < -0.4 is 10.2 Å². The first kappa shape index (κ1) is 18.2. The summed E-state index contributed by atoms with van der Waals surface area (Å²) in [5.41, 5.74) is 4.67. The summed E-state index contributed by atoms with van der Waals surface area (Å²) in [6, 6.07) is 14.1. The molecule has 1 aliphatic heterocycles. The average molecular weight is 391 g/mol. The minimum Gasteiger partial charge on any atom is -0.374 e. The van der Waals surface area contributed by atoms with Crippen molar-refractivity contribution >= 4 is 28.6 Å². The topological polar surface area (TPSA) is 56.1 Å². The molecule has 0 saturated heterocycles. The van der Waals surface area contributed by atoms with E-state index in [1.165, 1.54) is 23.5 Å². The van der Waals surface area contributed by atoms with E-state index in [4.69, 9.17) is 0 Å². The summed E-state index contributed by atoms with van der Waals surface area (Å²) in [5, 5.41) is 12.2. The third kappa shape index (κ3) is 3.14. The van der Waals surface area contributed by atoms with Crippen molar-refractivity contribution in [1.29, 1.82) is 5.26 Å². The van der Waals surface area contributed by atoms with Crippen molar-refractivity contribution in [2.45, 2.75) is 13.3 Å². The molecule has 1 N–H and O–H groups in total. The third-order valence-electron chi connectivity index (χ3n) is 5.00. The molecular formula is C22H18FN3OS. The van der Waals surface area contributed by atoms with Crippen molar-refractivity contribution in [3.05, 3.63) is 69.8 Å². The average Bonchev–Trinajstić information content (AvgIpc) is 3.06. The van der Waals surface area contributed by atoms with Crippen LogP contribution in [-0.2, 0) is 6.42 Å². The van der Waals surface area contributed by atoms with Crippen molar-refractivity contribution in [1.82, 2.24) is 0 Å². The van der Waals surface area contributed by atoms with E-state index in [2.05, 4.69) is 11.4 Å². The lowest BCUT2D eigenvalue weighted by molar-refractivity contribution is 0.103. The molecule has 0 radical (unpaired) electrons. The molecule has 28 heavy (non-hydrogen) atoms. The van der Waals surface area contributed by atoms with Crippen LogP contribution in [0.2, 0.25) is 0 Å². The second-order valence-corrected chi connectivity index (χ2v) is 7.91. The van der Waals surface area contributed by atoms with Crippen LogP contribution in [0.15, 0.2) is 42.5 Å². The normalized spacial score (nSPS) is 12.6. The second-order valence-electron chi connectivity index (χ2n) is 6.86. The lowest BCUT2D eigenvalue weighted by Crippen LogP contribution is -2.19. The van der Waals surface area contributed by atoms with Gasteiger partial charge in [0.15, 0.2) is 0 Å². The number of anilines is 2. The Morgan fingerprint density at radius 1 is 1.29 bits per heavy atom. The number of nitrogens with one attached hydrogen (secondary N) is 1. The van der Waals surface area contributed by atoms with E-state index in [0.717, 1.165) is 40.2 Å². The molecule has 0 unspecified atom stereocenters. The van der Waals surface area contributed by atoms with Crippen LogP contribution >= 0.6 is 11.3 Å². The van der Waals surface area contributed by atoms with E-state index >= 15 is 0 Å². The molecule has 4 rings (SSSR count). The first-order chi connectivity index (χ1) is 13.5. The number of carbonyl (C=O) groups is 1. The highest BCUT2D eigenvalue weighted by atomic mass is 32.1. The van der Waals surface area contributed by atoms with Gasteiger partial charge in [-0.25, -0.2) is 4.39 Å². The Hall–Kier alpha value is -3.17. The van der Waals surface area contributed by atoms with Crippen molar-refractivity contribution < 1.29 is 9.18 Å². The van der Waals surface area contributed by atoms with Gasteiger partial charge in [0.25, 0.3) is 5.91 Å². The second kappa shape index (κ2) is 7.10. The van der Waals surface area contributed by atoms with E-state index in [1.54, 1.807) is 18.2 Å². The number of amides is 1. The molecular weight excluding hydrogens is 373 g/mol. The molecule has 0 bridgehead atoms. The summed E-state index contributed by atoms with van der Waals surface area (Å²) >= 11 is 1.40. The van der Waals surface area contributed by atoms with Gasteiger partial charge in [-0.3, -0.25) is 4.79 Å². The van der Waals surface area contributed by atoms with Crippen LogP contribution in [0, 0.1) is 24.1 Å². The molecule has 2 aromatic carbocycles. The number of halogens is 1. The Kier molecular flexibility index (Phi) is 4.62. The largest absolute Gasteiger partial charge is 0.374 e. The van der Waals surface area contributed by atoms with Gasteiger partial charge in [0.1, 0.15) is 11.9 Å². The summed E-state index contributed by atoms with van der Waals surface area (Å²) in [4.78, 5) is 16.5. The van der Waals surface area contributed by atoms with Gasteiger partial charge in [0, 0.05) is 29.7 Å². The van der Waals surface area contributed by atoms with Gasteiger partial charge in [-0.15, -0.1) is 11.3 Å². The molecule has 0 spiro atoms. The van der Waals surface area contributed by atoms with Gasteiger partial charge in [-0.05, 0) is 54.8 Å². The molecule has 1 aromatic heterocycles. The molecule has 1 aliphatic rings. The number of hydrogen-bond acceptors (Lipinski definition) is 4. The molecule has 2 heterocycles. The zero-order valence-corrected chi connectivity index (χ0v) is 16.4. The van der Waals surface area contributed by atoms with Gasteiger partial charge in [-0.2, -0.15) is 5.26 Å². The maximum absolute atomic E-state index is 13.7. The molecule has 0 atom stereocenters. The number of carbonyl (C=O) groups excluding carboxylic acids is 1. The van der Waals surface area contributed by atoms with Crippen LogP contribution in [0.1, 0.15) is 26.4 Å². The number of rotatable bonds is 2. The quantitative estimate of drug-likeness (QED) is 0.670. The van der Waals surface area contributed by atoms with Crippen LogP contribution in [-0.4, -0.2) is 19.5 Å². The Labute approximate surface area is 166 Å². The number of aryl methyl sites for hydroxylation is 1. The fourth-order valence-electron chi connectivity index (χ4n) is 3.48. The van der Waals surface area contributed by atoms with Crippen LogP contribution in [0.5, 0.6) is 0 Å². The number of fused-ring (bicyclic) bond motifs is 3. The van der Waals surface area contributed by atoms with Crippen LogP contribution in [0.4, 0.5) is 15.8 Å². The minimum absolute atomic E-state index is 0.235. The Morgan fingerprint density at radius 3 is 2.89 bits per heavy atom. The van der Waals surface area contributed by atoms with E-state index in [1.807, 2.05) is 31.0 Å². The summed E-state index contributed by atoms with van der Waals surface area (Å²) in [7, 11) is 1.95. The number of hydrogen-bond donors (Lipinski definition) is 1. The fraction of sp³-hybridized carbons (Fsp3) is 0.182. The standard InChI is InChI=1S/C22H18FN3OS/c1-13-4-3-5-15(12-24)20(13)25-22(27)19-10-14-8-9-26(2)18-11-16(23)6-7-17(18)21(14)28-19/h3-7,10-11H,8-9H2,1-2H3,(H,25,27). The van der Waals surface area contributed by atoms with Gasteiger partial charge >= 0.3 is 0 Å². The van der Waals surface area contributed by atoms with Crippen molar-refractivity contribution in [2.75, 3.05) is 23.8 Å². The van der Waals surface area contributed by atoms with Crippen molar-refractivity contribution in [2.24, 2.45) is 0 Å². The molecule has 0 saturated carbocycles. The zero-order chi connectivity index (χ0) is 19.8. The Morgan fingerprint density at radius 2 is 2.11 bits per heavy atom. The van der Waals surface area contributed by atoms with Crippen molar-refractivity contribution in [3.63, 3.8) is 0 Å². The van der Waals surface area contributed by atoms with Crippen LogP contribution in [0.25, 0.3) is 10.4 Å². The lowest BCUT2D eigenvalue weighted by atomic mass is 10.1. The number of benzene rings is 2. The van der Waals surface area contributed by atoms with Gasteiger partial charge < -0.3 is 10.2 Å². The van der Waals surface area contributed by atoms with Crippen LogP contribution in [0.3, 0.4) is 0 Å². The number of thiophene rings is 1. The number of nitrogens with zero attached hydrogens (tertiary/aromatic N) is 2. The van der Waals surface area contributed by atoms with Gasteiger partial charge in [0.05, 0.1) is 16.1 Å². The minimum atomic E-state index is -0.271. The van der Waals surface area contributed by atoms with E-state index in [-0.39, 0.29) is 11.7 Å². The number of likely N-dealkylation sites (N-methyl/N-ethyl adjacent to an activating group) is 1. The Bertz CT molecular complexity index is 1130. The van der Waals surface area contributed by atoms with Crippen molar-refractivity contribution in [3.8, 4) is 16.5 Å². The molecule has 1 amide bonds. The predicted molar refractivity (Wildman–Crippen MR) is 111 cm³/mol. The molecule has 0 fully saturated rings. The summed E-state index contributed by atoms with van der Waals surface area (Å²) in [6.07, 6.45) is 0.778. The van der Waals surface area contributed by atoms with E-state index < -0.39 is 0 Å². The summed E-state index contributed by atoms with van der Waals surface area (Å²) in [6.45, 7) is 2.61. The lowest BCUT2D eigenvalue weighted by Gasteiger charge is -2.19. The van der Waals surface area contributed by atoms with E-state index in [0.29, 0.717) is 16.1 Å². The number of nitriles is 1. The first-order valence-corrected chi connectivity index (χ1v) is 9.74. The monoisotopic (exact) mass is 391 g/mol. The highest BCUT2D eigenvalue weighted by molar-refractivity contribution is 7.17. The SMILES string of the molecule is Cc1cccc(C#N)c1NC(=O)c1cc2c(s1)-c1ccc(F)cc1N(C)CC2. The maximum atomic E-state index is 13.7. The van der Waals surface area contributed by atoms with E-state index in [9.17, 15) is 14.4 Å². The molecule has 0 aliphatic carbocycles. The molecule has 3 aromatic rings. The summed E-state index contributed by atoms with van der Waals surface area (Å²) < 4.78 is 13.7. The predicted octanol–water partition coefficient (Wildman–Crippen LogP) is 4.98. The highest BCUT2D eigenvalue weighted by Gasteiger charge is 2.23. The molecule has 4 nitrogen and oxygen atoms in total. The summed E-state index contributed by atoms with van der Waals surface area (Å²) in [5.74, 6) is -0.506. The third-order valence-corrected chi connectivity index (χ3v) is 6.21.